The first-order valence-electron chi connectivity index (χ1n) is 23.8. The Labute approximate surface area is 407 Å². The van der Waals surface area contributed by atoms with E-state index in [2.05, 4.69) is 231 Å². The van der Waals surface area contributed by atoms with Gasteiger partial charge in [-0.3, -0.25) is 0 Å². The molecule has 0 spiro atoms. The maximum absolute atomic E-state index is 10.6. The minimum absolute atomic E-state index is 0.532. The van der Waals surface area contributed by atoms with Gasteiger partial charge in [-0.15, -0.1) is 0 Å². The standard InChI is InChI=1S/C66H46N4/c1-41-13-5-9-17-51(41)47-23-29-63-57(35-47)58-36-48(52-18-10-6-14-42(52)2)24-30-64(58)69(63)61-27-21-45(39-67)33-55(61)56-34-46(40-68)22-28-62(56)70-65-31-25-49(53-19-11-7-15-43(53)3)37-59(65)60-38-50(26-32-66(60)70)54-20-12-8-16-44(54)4/h5-38H,1-4H3. The SMILES string of the molecule is Cc1ccccc1-c1ccc2c(c1)c1cc(-c3ccccc3C)ccc1n2-c1ccc(C#N)cc1-c1cc(C#N)ccc1-n1c2ccc(-c3ccccc3C)cc2c2cc(-c3ccccc3C)ccc21. The number of nitrogens with zero attached hydrogens (tertiary/aromatic N) is 4. The van der Waals surface area contributed by atoms with E-state index in [-0.39, 0.29) is 0 Å². The van der Waals surface area contributed by atoms with Crippen molar-refractivity contribution in [3.63, 3.8) is 0 Å². The molecule has 0 amide bonds. The third-order valence-electron chi connectivity index (χ3n) is 14.4. The first-order valence-corrected chi connectivity index (χ1v) is 23.8. The number of aryl methyl sites for hydroxylation is 4. The Bertz CT molecular complexity index is 3720. The second kappa shape index (κ2) is 16.8. The minimum atomic E-state index is 0.532. The molecule has 0 unspecified atom stereocenters. The van der Waals surface area contributed by atoms with Crippen molar-refractivity contribution in [2.24, 2.45) is 0 Å². The van der Waals surface area contributed by atoms with Gasteiger partial charge in [-0.2, -0.15) is 10.5 Å². The minimum Gasteiger partial charge on any atom is -0.309 e. The van der Waals surface area contributed by atoms with Crippen LogP contribution in [-0.4, -0.2) is 9.13 Å². The van der Waals surface area contributed by atoms with Gasteiger partial charge >= 0.3 is 0 Å². The summed E-state index contributed by atoms with van der Waals surface area (Å²) in [5, 5.41) is 25.7. The molecule has 0 aliphatic heterocycles. The molecule has 4 nitrogen and oxygen atoms in total. The lowest BCUT2D eigenvalue weighted by molar-refractivity contribution is 1.16. The molecule has 330 valence electrons. The second-order valence-electron chi connectivity index (χ2n) is 18.5. The molecule has 0 bridgehead atoms. The van der Waals surface area contributed by atoms with Crippen LogP contribution >= 0.6 is 0 Å². The number of hydrogen-bond donors (Lipinski definition) is 0. The van der Waals surface area contributed by atoms with E-state index >= 15 is 0 Å². The normalized spacial score (nSPS) is 11.4. The smallest absolute Gasteiger partial charge is 0.0991 e. The Morgan fingerprint density at radius 1 is 0.286 bits per heavy atom. The van der Waals surface area contributed by atoms with Gasteiger partial charge in [0, 0.05) is 32.7 Å². The van der Waals surface area contributed by atoms with Crippen LogP contribution < -0.4 is 0 Å². The highest BCUT2D eigenvalue weighted by molar-refractivity contribution is 6.14. The van der Waals surface area contributed by atoms with Crippen LogP contribution in [0.1, 0.15) is 33.4 Å². The molecule has 12 rings (SSSR count). The summed E-state index contributed by atoms with van der Waals surface area (Å²) in [7, 11) is 0. The highest BCUT2D eigenvalue weighted by atomic mass is 15.0. The predicted molar refractivity (Wildman–Crippen MR) is 291 cm³/mol. The summed E-state index contributed by atoms with van der Waals surface area (Å²) in [6.45, 7) is 8.66. The van der Waals surface area contributed by atoms with E-state index in [1.54, 1.807) is 0 Å². The largest absolute Gasteiger partial charge is 0.309 e. The van der Waals surface area contributed by atoms with Crippen molar-refractivity contribution in [1.29, 1.82) is 10.5 Å². The van der Waals surface area contributed by atoms with Gasteiger partial charge in [-0.1, -0.05) is 121 Å². The Balaban J connectivity index is 1.15. The van der Waals surface area contributed by atoms with Gasteiger partial charge in [0.1, 0.15) is 0 Å². The zero-order valence-electron chi connectivity index (χ0n) is 39.4. The highest BCUT2D eigenvalue weighted by Crippen LogP contribution is 2.45. The molecule has 0 fully saturated rings. The maximum Gasteiger partial charge on any atom is 0.0991 e. The lowest BCUT2D eigenvalue weighted by atomic mass is 9.96. The third kappa shape index (κ3) is 6.89. The fourth-order valence-corrected chi connectivity index (χ4v) is 10.9. The Morgan fingerprint density at radius 3 is 0.814 bits per heavy atom. The Hall–Kier alpha value is -9.22. The summed E-state index contributed by atoms with van der Waals surface area (Å²) in [4.78, 5) is 0. The first kappa shape index (κ1) is 42.2. The molecule has 70 heavy (non-hydrogen) atoms. The molecule has 4 heteroatoms. The molecule has 0 N–H and O–H groups in total. The molecule has 2 heterocycles. The van der Waals surface area contributed by atoms with Crippen LogP contribution in [0.25, 0.3) is 111 Å². The van der Waals surface area contributed by atoms with E-state index < -0.39 is 0 Å². The Morgan fingerprint density at radius 2 is 0.557 bits per heavy atom. The maximum atomic E-state index is 10.6. The lowest BCUT2D eigenvalue weighted by Crippen LogP contribution is -2.02. The van der Waals surface area contributed by atoms with E-state index in [0.29, 0.717) is 11.1 Å². The van der Waals surface area contributed by atoms with Gasteiger partial charge < -0.3 is 9.13 Å². The van der Waals surface area contributed by atoms with Crippen LogP contribution in [0.2, 0.25) is 0 Å². The van der Waals surface area contributed by atoms with Crippen molar-refractivity contribution in [2.75, 3.05) is 0 Å². The van der Waals surface area contributed by atoms with Gasteiger partial charge in [0.2, 0.25) is 0 Å². The lowest BCUT2D eigenvalue weighted by Gasteiger charge is -2.19. The zero-order valence-corrected chi connectivity index (χ0v) is 39.4. The quantitative estimate of drug-likeness (QED) is 0.160. The summed E-state index contributed by atoms with van der Waals surface area (Å²) in [6, 6.07) is 78.3. The molecular weight excluding hydrogens is 849 g/mol. The molecule has 10 aromatic carbocycles. The molecule has 0 radical (unpaired) electrons. The van der Waals surface area contributed by atoms with Gasteiger partial charge in [-0.05, 0) is 179 Å². The van der Waals surface area contributed by atoms with E-state index in [1.165, 1.54) is 44.5 Å². The monoisotopic (exact) mass is 894 g/mol. The van der Waals surface area contributed by atoms with Crippen LogP contribution in [0.5, 0.6) is 0 Å². The molecule has 0 atom stereocenters. The van der Waals surface area contributed by atoms with Crippen molar-refractivity contribution in [3.8, 4) is 79.1 Å². The van der Waals surface area contributed by atoms with Crippen LogP contribution in [0.15, 0.2) is 206 Å². The molecule has 0 aliphatic carbocycles. The zero-order chi connectivity index (χ0) is 47.6. The number of hydrogen-bond acceptors (Lipinski definition) is 2. The van der Waals surface area contributed by atoms with Crippen LogP contribution in [0.4, 0.5) is 0 Å². The van der Waals surface area contributed by atoms with Crippen LogP contribution in [0.3, 0.4) is 0 Å². The fourth-order valence-electron chi connectivity index (χ4n) is 10.9. The number of aromatic nitrogens is 2. The average Bonchev–Trinajstić information content (AvgIpc) is 3.89. The van der Waals surface area contributed by atoms with Gasteiger partial charge in [0.25, 0.3) is 0 Å². The molecular formula is C66H46N4. The fraction of sp³-hybridized carbons (Fsp3) is 0.0606. The van der Waals surface area contributed by atoms with Gasteiger partial charge in [0.15, 0.2) is 0 Å². The number of fused-ring (bicyclic) bond motifs is 6. The molecule has 2 aromatic heterocycles. The van der Waals surface area contributed by atoms with Crippen molar-refractivity contribution in [3.05, 3.63) is 240 Å². The molecule has 0 saturated heterocycles. The number of rotatable bonds is 7. The summed E-state index contributed by atoms with van der Waals surface area (Å²) in [5.41, 5.74) is 23.0. The summed E-state index contributed by atoms with van der Waals surface area (Å²) < 4.78 is 4.70. The topological polar surface area (TPSA) is 57.4 Å². The third-order valence-corrected chi connectivity index (χ3v) is 14.4. The summed E-state index contributed by atoms with van der Waals surface area (Å²) >= 11 is 0. The van der Waals surface area contributed by atoms with E-state index in [4.69, 9.17) is 0 Å². The average molecular weight is 895 g/mol. The van der Waals surface area contributed by atoms with Crippen molar-refractivity contribution in [2.45, 2.75) is 27.7 Å². The van der Waals surface area contributed by atoms with Crippen molar-refractivity contribution in [1.82, 2.24) is 9.13 Å². The first-order chi connectivity index (χ1) is 34.3. The van der Waals surface area contributed by atoms with Crippen molar-refractivity contribution < 1.29 is 0 Å². The van der Waals surface area contributed by atoms with E-state index in [9.17, 15) is 10.5 Å². The van der Waals surface area contributed by atoms with Crippen LogP contribution in [-0.2, 0) is 0 Å². The molecule has 0 saturated carbocycles. The molecule has 12 aromatic rings. The van der Waals surface area contributed by atoms with Gasteiger partial charge in [-0.25, -0.2) is 0 Å². The number of benzene rings is 10. The summed E-state index contributed by atoms with van der Waals surface area (Å²) in [6.07, 6.45) is 0. The highest BCUT2D eigenvalue weighted by Gasteiger charge is 2.23. The Kier molecular flexibility index (Phi) is 10.1. The number of nitriles is 2. The second-order valence-corrected chi connectivity index (χ2v) is 18.5. The molecule has 0 aliphatic rings. The van der Waals surface area contributed by atoms with Gasteiger partial charge in [0.05, 0.1) is 56.7 Å². The van der Waals surface area contributed by atoms with Crippen molar-refractivity contribution >= 4 is 43.6 Å². The van der Waals surface area contributed by atoms with E-state index in [0.717, 1.165) is 88.4 Å². The van der Waals surface area contributed by atoms with Crippen LogP contribution in [0, 0.1) is 50.4 Å². The summed E-state index contributed by atoms with van der Waals surface area (Å²) in [5.74, 6) is 0. The van der Waals surface area contributed by atoms with E-state index in [1.807, 2.05) is 24.3 Å². The predicted octanol–water partition coefficient (Wildman–Crippen LogP) is 17.2.